The molecule has 3 aromatic heterocycles. The van der Waals surface area contributed by atoms with E-state index in [2.05, 4.69) is 20.3 Å². The van der Waals surface area contributed by atoms with Crippen molar-refractivity contribution in [2.45, 2.75) is 6.04 Å². The molecule has 0 spiro atoms. The van der Waals surface area contributed by atoms with Gasteiger partial charge in [-0.05, 0) is 30.3 Å². The number of benzene rings is 1. The highest BCUT2D eigenvalue weighted by Gasteiger charge is 2.23. The van der Waals surface area contributed by atoms with Crippen LogP contribution in [0.1, 0.15) is 27.7 Å². The van der Waals surface area contributed by atoms with Gasteiger partial charge in [0.1, 0.15) is 11.8 Å². The summed E-state index contributed by atoms with van der Waals surface area (Å²) in [5, 5.41) is 3.79. The number of fused-ring (bicyclic) bond motifs is 1. The first-order chi connectivity index (χ1) is 13.8. The van der Waals surface area contributed by atoms with Crippen molar-refractivity contribution < 1.29 is 9.53 Å². The summed E-state index contributed by atoms with van der Waals surface area (Å²) in [6.45, 7) is 0. The first kappa shape index (κ1) is 17.6. The average molecular weight is 370 g/mol. The smallest absolute Gasteiger partial charge is 0.252 e. The molecule has 0 bridgehead atoms. The van der Waals surface area contributed by atoms with Gasteiger partial charge >= 0.3 is 0 Å². The van der Waals surface area contributed by atoms with Gasteiger partial charge in [0.05, 0.1) is 23.9 Å². The van der Waals surface area contributed by atoms with E-state index in [-0.39, 0.29) is 5.91 Å². The Bertz CT molecular complexity index is 1110. The molecular formula is C22H18N4O2. The predicted octanol–water partition coefficient (Wildman–Crippen LogP) is 3.55. The zero-order valence-corrected chi connectivity index (χ0v) is 15.2. The van der Waals surface area contributed by atoms with Crippen LogP contribution in [-0.4, -0.2) is 28.0 Å². The van der Waals surface area contributed by atoms with Crippen LogP contribution in [0.25, 0.3) is 10.9 Å². The molecule has 0 radical (unpaired) electrons. The maximum Gasteiger partial charge on any atom is 0.252 e. The SMILES string of the molecule is COc1ccccc1[C@@H](NC(=O)c1ccnc2ccncc12)c1ccccn1. The summed E-state index contributed by atoms with van der Waals surface area (Å²) >= 11 is 0. The second kappa shape index (κ2) is 7.84. The summed E-state index contributed by atoms with van der Waals surface area (Å²) in [7, 11) is 1.61. The molecule has 3 heterocycles. The summed E-state index contributed by atoms with van der Waals surface area (Å²) in [6, 6.07) is 16.2. The molecule has 0 aliphatic rings. The molecule has 0 aliphatic carbocycles. The lowest BCUT2D eigenvalue weighted by Gasteiger charge is -2.21. The van der Waals surface area contributed by atoms with Crippen molar-refractivity contribution >= 4 is 16.8 Å². The maximum absolute atomic E-state index is 13.2. The largest absolute Gasteiger partial charge is 0.496 e. The number of nitrogens with one attached hydrogen (secondary N) is 1. The fourth-order valence-electron chi connectivity index (χ4n) is 3.16. The minimum atomic E-state index is -0.468. The number of nitrogens with zero attached hydrogens (tertiary/aromatic N) is 3. The second-order valence-electron chi connectivity index (χ2n) is 6.15. The fraction of sp³-hybridized carbons (Fsp3) is 0.0909. The Balaban J connectivity index is 1.77. The van der Waals surface area contributed by atoms with E-state index >= 15 is 0 Å². The van der Waals surface area contributed by atoms with E-state index in [0.29, 0.717) is 22.2 Å². The molecule has 1 amide bonds. The summed E-state index contributed by atoms with van der Waals surface area (Å²) in [5.41, 5.74) is 2.77. The molecule has 0 fully saturated rings. The molecule has 138 valence electrons. The number of aromatic nitrogens is 3. The number of methoxy groups -OCH3 is 1. The molecule has 0 saturated carbocycles. The van der Waals surface area contributed by atoms with E-state index < -0.39 is 6.04 Å². The normalized spacial score (nSPS) is 11.8. The third-order valence-corrected chi connectivity index (χ3v) is 4.50. The van der Waals surface area contributed by atoms with Gasteiger partial charge in [-0.25, -0.2) is 0 Å². The van der Waals surface area contributed by atoms with Gasteiger partial charge in [-0.3, -0.25) is 19.7 Å². The Labute approximate surface area is 162 Å². The standard InChI is InChI=1S/C22H18N4O2/c1-28-20-8-3-2-6-16(20)21(19-7-4-5-11-24-19)26-22(27)15-9-13-25-18-10-12-23-14-17(15)18/h2-14,21H,1H3,(H,26,27)/t21-/m1/s1. The van der Waals surface area contributed by atoms with E-state index in [9.17, 15) is 4.79 Å². The van der Waals surface area contributed by atoms with Gasteiger partial charge in [0.25, 0.3) is 5.91 Å². The number of carbonyl (C=O) groups is 1. The molecule has 6 heteroatoms. The van der Waals surface area contributed by atoms with Gasteiger partial charge in [-0.1, -0.05) is 24.3 Å². The Kier molecular flexibility index (Phi) is 4.93. The first-order valence-electron chi connectivity index (χ1n) is 8.81. The topological polar surface area (TPSA) is 77.0 Å². The molecule has 1 atom stereocenters. The first-order valence-corrected chi connectivity index (χ1v) is 8.81. The lowest BCUT2D eigenvalue weighted by atomic mass is 10.0. The van der Waals surface area contributed by atoms with Gasteiger partial charge in [-0.2, -0.15) is 0 Å². The van der Waals surface area contributed by atoms with Crippen LogP contribution in [-0.2, 0) is 0 Å². The average Bonchev–Trinajstić information content (AvgIpc) is 2.77. The number of pyridine rings is 3. The molecule has 6 nitrogen and oxygen atoms in total. The monoisotopic (exact) mass is 370 g/mol. The van der Waals surface area contributed by atoms with Crippen LogP contribution >= 0.6 is 0 Å². The van der Waals surface area contributed by atoms with Crippen molar-refractivity contribution in [2.24, 2.45) is 0 Å². The fourth-order valence-corrected chi connectivity index (χ4v) is 3.16. The van der Waals surface area contributed by atoms with Gasteiger partial charge in [0.2, 0.25) is 0 Å². The van der Waals surface area contributed by atoms with Crippen molar-refractivity contribution in [2.75, 3.05) is 7.11 Å². The van der Waals surface area contributed by atoms with Crippen molar-refractivity contribution in [3.05, 3.63) is 96.2 Å². The molecule has 0 aliphatic heterocycles. The minimum Gasteiger partial charge on any atom is -0.496 e. The molecule has 0 unspecified atom stereocenters. The summed E-state index contributed by atoms with van der Waals surface area (Å²) < 4.78 is 5.51. The number of hydrogen-bond acceptors (Lipinski definition) is 5. The highest BCUT2D eigenvalue weighted by Crippen LogP contribution is 2.29. The molecule has 1 aromatic carbocycles. The zero-order valence-electron chi connectivity index (χ0n) is 15.2. The van der Waals surface area contributed by atoms with Crippen molar-refractivity contribution in [3.63, 3.8) is 0 Å². The number of para-hydroxylation sites is 1. The van der Waals surface area contributed by atoms with Crippen LogP contribution in [0.4, 0.5) is 0 Å². The van der Waals surface area contributed by atoms with E-state index in [0.717, 1.165) is 11.3 Å². The van der Waals surface area contributed by atoms with Gasteiger partial charge in [0.15, 0.2) is 0 Å². The summed E-state index contributed by atoms with van der Waals surface area (Å²) in [6.07, 6.45) is 6.63. The highest BCUT2D eigenvalue weighted by atomic mass is 16.5. The quantitative estimate of drug-likeness (QED) is 0.581. The molecule has 4 aromatic rings. The van der Waals surface area contributed by atoms with Gasteiger partial charge in [-0.15, -0.1) is 0 Å². The van der Waals surface area contributed by atoms with Gasteiger partial charge in [0, 0.05) is 35.7 Å². The van der Waals surface area contributed by atoms with E-state index in [1.54, 1.807) is 44.0 Å². The van der Waals surface area contributed by atoms with E-state index in [1.165, 1.54) is 0 Å². The minimum absolute atomic E-state index is 0.234. The van der Waals surface area contributed by atoms with Crippen LogP contribution in [0.2, 0.25) is 0 Å². The Morgan fingerprint density at radius 3 is 2.64 bits per heavy atom. The molecule has 28 heavy (non-hydrogen) atoms. The molecule has 1 N–H and O–H groups in total. The van der Waals surface area contributed by atoms with Crippen LogP contribution in [0.5, 0.6) is 5.75 Å². The third kappa shape index (κ3) is 3.40. The summed E-state index contributed by atoms with van der Waals surface area (Å²) in [5.74, 6) is 0.446. The van der Waals surface area contributed by atoms with Gasteiger partial charge < -0.3 is 10.1 Å². The number of carbonyl (C=O) groups excluding carboxylic acids is 1. The third-order valence-electron chi connectivity index (χ3n) is 4.50. The van der Waals surface area contributed by atoms with Crippen LogP contribution in [0, 0.1) is 0 Å². The van der Waals surface area contributed by atoms with E-state index in [1.807, 2.05) is 42.5 Å². The van der Waals surface area contributed by atoms with Crippen molar-refractivity contribution in [3.8, 4) is 5.75 Å². The number of amides is 1. The second-order valence-corrected chi connectivity index (χ2v) is 6.15. The number of ether oxygens (including phenoxy) is 1. The number of rotatable bonds is 5. The molecular weight excluding hydrogens is 352 g/mol. The highest BCUT2D eigenvalue weighted by molar-refractivity contribution is 6.05. The molecule has 4 rings (SSSR count). The predicted molar refractivity (Wildman–Crippen MR) is 106 cm³/mol. The molecule has 0 saturated heterocycles. The Morgan fingerprint density at radius 2 is 1.82 bits per heavy atom. The Morgan fingerprint density at radius 1 is 0.964 bits per heavy atom. The zero-order chi connectivity index (χ0) is 19.3. The lowest BCUT2D eigenvalue weighted by molar-refractivity contribution is 0.0943. The van der Waals surface area contributed by atoms with Crippen molar-refractivity contribution in [1.29, 1.82) is 0 Å². The van der Waals surface area contributed by atoms with Crippen LogP contribution in [0.15, 0.2) is 79.4 Å². The van der Waals surface area contributed by atoms with Crippen LogP contribution in [0.3, 0.4) is 0 Å². The summed E-state index contributed by atoms with van der Waals surface area (Å²) in [4.78, 5) is 26.0. The number of hydrogen-bond donors (Lipinski definition) is 1. The van der Waals surface area contributed by atoms with Crippen molar-refractivity contribution in [1.82, 2.24) is 20.3 Å². The lowest BCUT2D eigenvalue weighted by Crippen LogP contribution is -2.30. The van der Waals surface area contributed by atoms with E-state index in [4.69, 9.17) is 4.74 Å². The Hall–Kier alpha value is -3.80. The van der Waals surface area contributed by atoms with Crippen LogP contribution < -0.4 is 10.1 Å². The maximum atomic E-state index is 13.2.